The van der Waals surface area contributed by atoms with Crippen molar-refractivity contribution in [3.8, 4) is 0 Å². The molecule has 1 aromatic rings. The molecule has 1 heteroatoms. The van der Waals surface area contributed by atoms with Crippen molar-refractivity contribution in [3.05, 3.63) is 36.3 Å². The Hall–Kier alpha value is 0.0187. The summed E-state index contributed by atoms with van der Waals surface area (Å²) in [6.07, 6.45) is 0. The van der Waals surface area contributed by atoms with Crippen LogP contribution in [0.5, 0.6) is 0 Å². The first-order valence-corrected chi connectivity index (χ1v) is 1.50. The van der Waals surface area contributed by atoms with Crippen LogP contribution in [-0.4, -0.2) is 23.9 Å². The zero-order valence-electron chi connectivity index (χ0n) is 9.50. The fourth-order valence-corrected chi connectivity index (χ4v) is 0.188. The van der Waals surface area contributed by atoms with E-state index >= 15 is 0 Å². The number of hydrogen-bond donors (Lipinski definition) is 0. The van der Waals surface area contributed by atoms with E-state index in [1.807, 2.05) is 0 Å². The van der Waals surface area contributed by atoms with Gasteiger partial charge in [0.25, 0.3) is 0 Å². The van der Waals surface area contributed by atoms with Crippen LogP contribution in [0.1, 0.15) is 8.22 Å². The molecule has 0 aromatic heterocycles. The summed E-state index contributed by atoms with van der Waals surface area (Å²) in [7, 11) is 0. The predicted molar refractivity (Wildman–Crippen MR) is 32.2 cm³/mol. The van der Waals surface area contributed by atoms with E-state index < -0.39 is 36.3 Å². The van der Waals surface area contributed by atoms with E-state index in [0.29, 0.717) is 0 Å². The molecule has 0 amide bonds. The van der Waals surface area contributed by atoms with Crippen LogP contribution in [0.25, 0.3) is 0 Å². The summed E-state index contributed by atoms with van der Waals surface area (Å²) in [4.78, 5) is 0. The Morgan fingerprint density at radius 3 is 1.00 bits per heavy atom. The average Bonchev–Trinajstić information content (AvgIpc) is 2.08. The smallest absolute Gasteiger partial charge is 0.0623 e. The van der Waals surface area contributed by atoms with Gasteiger partial charge >= 0.3 is 0 Å². The van der Waals surface area contributed by atoms with Gasteiger partial charge in [0, 0.05) is 23.9 Å². The summed E-state index contributed by atoms with van der Waals surface area (Å²) in [6, 6.07) is -2.74. The van der Waals surface area contributed by atoms with Crippen LogP contribution in [0.4, 0.5) is 0 Å². The van der Waals surface area contributed by atoms with Crippen molar-refractivity contribution in [2.75, 3.05) is 0 Å². The molecule has 0 bridgehead atoms. The van der Waals surface area contributed by atoms with Gasteiger partial charge in [-0.2, -0.15) is 0 Å². The van der Waals surface area contributed by atoms with Crippen molar-refractivity contribution >= 4 is 23.9 Å². The summed E-state index contributed by atoms with van der Waals surface area (Å²) < 4.78 is 42.7. The van der Waals surface area contributed by atoms with Gasteiger partial charge in [-0.05, 0) is 0 Å². The van der Waals surface area contributed by atoms with Gasteiger partial charge < -0.3 is 0 Å². The van der Waals surface area contributed by atoms with E-state index in [1.54, 1.807) is 0 Å². The summed E-state index contributed by atoms with van der Waals surface area (Å²) in [6.45, 7) is 0. The van der Waals surface area contributed by atoms with Crippen LogP contribution in [0.15, 0.2) is 36.3 Å². The van der Waals surface area contributed by atoms with Crippen LogP contribution in [0, 0.1) is 0 Å². The Labute approximate surface area is 68.9 Å². The second-order valence-electron chi connectivity index (χ2n) is 0.750. The van der Waals surface area contributed by atoms with Crippen molar-refractivity contribution in [2.45, 2.75) is 0 Å². The van der Waals surface area contributed by atoms with Crippen LogP contribution in [0.2, 0.25) is 0 Å². The molecule has 0 saturated heterocycles. The summed E-state index contributed by atoms with van der Waals surface area (Å²) in [5, 5.41) is 0. The summed E-state index contributed by atoms with van der Waals surface area (Å²) >= 11 is 0. The van der Waals surface area contributed by atoms with Gasteiger partial charge in [0.2, 0.25) is 0 Å². The molecule has 4 radical (unpaired) electrons. The van der Waals surface area contributed by atoms with E-state index in [1.165, 1.54) is 0 Å². The molecule has 0 N–H and O–H groups in total. The molecule has 0 aliphatic carbocycles. The molecule has 1 aromatic carbocycles. The van der Waals surface area contributed by atoms with Gasteiger partial charge in [-0.3, -0.25) is 0 Å². The standard InChI is InChI=1S/C6H6.Sn/c1-2-4-6-5-3-1;/h1-6H;/i1D,2D,3D,4D,5D,6D;. The maximum Gasteiger partial charge on any atom is 0.0623 e. The molecule has 1 rings (SSSR count). The van der Waals surface area contributed by atoms with Crippen LogP contribution in [-0.2, 0) is 0 Å². The summed E-state index contributed by atoms with van der Waals surface area (Å²) in [5.41, 5.74) is 0. The minimum Gasteiger partial charge on any atom is -0.0623 e. The Balaban J connectivity index is 0.00000144. The van der Waals surface area contributed by atoms with Crippen molar-refractivity contribution in [1.82, 2.24) is 0 Å². The molecule has 0 atom stereocenters. The summed E-state index contributed by atoms with van der Waals surface area (Å²) in [5.74, 6) is 0. The Kier molecular flexibility index (Phi) is 1.05. The third kappa shape index (κ3) is 2.68. The monoisotopic (exact) mass is 204 g/mol. The van der Waals surface area contributed by atoms with Gasteiger partial charge in [0.1, 0.15) is 0 Å². The zero-order valence-corrected chi connectivity index (χ0v) is 6.35. The quantitative estimate of drug-likeness (QED) is 0.557. The second-order valence-corrected chi connectivity index (χ2v) is 0.750. The molecule has 0 saturated carbocycles. The Morgan fingerprint density at radius 1 is 0.714 bits per heavy atom. The van der Waals surface area contributed by atoms with Crippen molar-refractivity contribution in [1.29, 1.82) is 0 Å². The van der Waals surface area contributed by atoms with Crippen molar-refractivity contribution in [2.24, 2.45) is 0 Å². The van der Waals surface area contributed by atoms with Gasteiger partial charge in [-0.1, -0.05) is 36.3 Å². The molecule has 34 valence electrons. The molecule has 0 aliphatic heterocycles. The van der Waals surface area contributed by atoms with E-state index in [-0.39, 0.29) is 23.9 Å². The maximum atomic E-state index is 7.12. The third-order valence-corrected chi connectivity index (χ3v) is 0.375. The fraction of sp³-hybridized carbons (Fsp3) is 0. The topological polar surface area (TPSA) is 0 Å². The molecule has 7 heavy (non-hydrogen) atoms. The number of rotatable bonds is 0. The Morgan fingerprint density at radius 2 is 0.857 bits per heavy atom. The minimum atomic E-state index is -0.457. The van der Waals surface area contributed by atoms with E-state index in [9.17, 15) is 0 Å². The normalized spacial score (nSPS) is 18.9. The first-order valence-electron chi connectivity index (χ1n) is 4.50. The molecular weight excluding hydrogens is 191 g/mol. The van der Waals surface area contributed by atoms with E-state index in [4.69, 9.17) is 8.22 Å². The SMILES string of the molecule is [2H]c1c([2H])c([2H])c([2H])c([2H])c1[2H].[Sn]. The van der Waals surface area contributed by atoms with E-state index in [0.717, 1.165) is 0 Å². The Bertz CT molecular complexity index is 231. The first kappa shape index (κ1) is 1.76. The molecular formula is C6H6Sn. The van der Waals surface area contributed by atoms with Gasteiger partial charge in [-0.25, -0.2) is 0 Å². The van der Waals surface area contributed by atoms with Crippen molar-refractivity contribution in [3.63, 3.8) is 0 Å². The van der Waals surface area contributed by atoms with E-state index in [2.05, 4.69) is 0 Å². The maximum absolute atomic E-state index is 7.12. The molecule has 0 unspecified atom stereocenters. The largest absolute Gasteiger partial charge is 0.0623 e. The molecule has 0 aliphatic rings. The fourth-order valence-electron chi connectivity index (χ4n) is 0.188. The predicted octanol–water partition coefficient (Wildman–Crippen LogP) is 1.31. The van der Waals surface area contributed by atoms with Gasteiger partial charge in [-0.15, -0.1) is 0 Å². The van der Waals surface area contributed by atoms with Gasteiger partial charge in [0.15, 0.2) is 0 Å². The molecule has 0 spiro atoms. The molecule has 0 nitrogen and oxygen atoms in total. The third-order valence-electron chi connectivity index (χ3n) is 0.375. The van der Waals surface area contributed by atoms with Crippen LogP contribution < -0.4 is 0 Å². The number of benzene rings is 1. The van der Waals surface area contributed by atoms with Crippen LogP contribution >= 0.6 is 0 Å². The molecule has 0 heterocycles. The second kappa shape index (κ2) is 4.18. The van der Waals surface area contributed by atoms with Crippen molar-refractivity contribution < 1.29 is 8.22 Å². The minimum absolute atomic E-state index is 0. The number of hydrogen-bond acceptors (Lipinski definition) is 0. The van der Waals surface area contributed by atoms with Crippen LogP contribution in [0.3, 0.4) is 0 Å². The first-order chi connectivity index (χ1) is 5.46. The zero-order chi connectivity index (χ0) is 9.46. The average molecular weight is 203 g/mol. The molecule has 0 fully saturated rings. The van der Waals surface area contributed by atoms with Gasteiger partial charge in [0.05, 0.1) is 8.22 Å².